The number of pyridine rings is 1. The maximum atomic E-state index is 13.2. The number of rotatable bonds is 5. The molecule has 1 aromatic heterocycles. The van der Waals surface area contributed by atoms with E-state index in [2.05, 4.69) is 10.3 Å². The van der Waals surface area contributed by atoms with Crippen molar-refractivity contribution in [3.05, 3.63) is 52.9 Å². The first-order chi connectivity index (χ1) is 13.5. The molecule has 0 spiro atoms. The molecule has 2 amide bonds. The first kappa shape index (κ1) is 20.1. The van der Waals surface area contributed by atoms with Crippen LogP contribution in [0.1, 0.15) is 30.1 Å². The van der Waals surface area contributed by atoms with Crippen molar-refractivity contribution in [3.63, 3.8) is 0 Å². The van der Waals surface area contributed by atoms with Crippen LogP contribution in [0.15, 0.2) is 36.5 Å². The molecule has 2 heterocycles. The molecule has 8 heteroatoms. The van der Waals surface area contributed by atoms with Gasteiger partial charge in [-0.25, -0.2) is 9.37 Å². The van der Waals surface area contributed by atoms with Gasteiger partial charge in [0.25, 0.3) is 5.91 Å². The first-order valence-corrected chi connectivity index (χ1v) is 9.49. The summed E-state index contributed by atoms with van der Waals surface area (Å²) in [6.07, 6.45) is 2.65. The minimum Gasteiger partial charge on any atom is -0.478 e. The van der Waals surface area contributed by atoms with Gasteiger partial charge in [-0.3, -0.25) is 9.59 Å². The van der Waals surface area contributed by atoms with Crippen LogP contribution >= 0.6 is 11.6 Å². The Bertz CT molecular complexity index is 870. The van der Waals surface area contributed by atoms with Crippen LogP contribution in [0.25, 0.3) is 0 Å². The molecule has 0 unspecified atom stereocenters. The first-order valence-electron chi connectivity index (χ1n) is 9.12. The van der Waals surface area contributed by atoms with Crippen molar-refractivity contribution in [1.29, 1.82) is 0 Å². The number of nitrogens with one attached hydrogen (secondary N) is 1. The normalized spacial score (nSPS) is 14.6. The lowest BCUT2D eigenvalue weighted by atomic mass is 9.95. The third-order valence-corrected chi connectivity index (χ3v) is 4.90. The van der Waals surface area contributed by atoms with E-state index in [1.165, 1.54) is 18.2 Å². The van der Waals surface area contributed by atoms with Crippen molar-refractivity contribution in [2.45, 2.75) is 19.8 Å². The molecule has 0 radical (unpaired) electrons. The average molecular weight is 406 g/mol. The number of likely N-dealkylation sites (tertiary alicyclic amines) is 1. The van der Waals surface area contributed by atoms with Gasteiger partial charge in [0, 0.05) is 42.5 Å². The van der Waals surface area contributed by atoms with Gasteiger partial charge in [0.05, 0.1) is 11.6 Å². The predicted molar refractivity (Wildman–Crippen MR) is 104 cm³/mol. The Morgan fingerprint density at radius 2 is 2.04 bits per heavy atom. The lowest BCUT2D eigenvalue weighted by Crippen LogP contribution is -2.41. The van der Waals surface area contributed by atoms with E-state index in [0.717, 1.165) is 0 Å². The van der Waals surface area contributed by atoms with Crippen LogP contribution in [0.3, 0.4) is 0 Å². The molecule has 1 aliphatic rings. The molecule has 1 aromatic carbocycles. The molecule has 0 aliphatic carbocycles. The van der Waals surface area contributed by atoms with Gasteiger partial charge >= 0.3 is 0 Å². The highest BCUT2D eigenvalue weighted by atomic mass is 35.5. The summed E-state index contributed by atoms with van der Waals surface area (Å²) in [6, 6.07) is 7.35. The molecule has 2 aromatic rings. The maximum absolute atomic E-state index is 13.2. The number of hydrogen-bond acceptors (Lipinski definition) is 4. The Morgan fingerprint density at radius 3 is 2.71 bits per heavy atom. The Hall–Kier alpha value is -2.67. The van der Waals surface area contributed by atoms with Crippen molar-refractivity contribution in [1.82, 2.24) is 9.88 Å². The van der Waals surface area contributed by atoms with Crippen LogP contribution in [-0.4, -0.2) is 41.4 Å². The van der Waals surface area contributed by atoms with Gasteiger partial charge in [0.2, 0.25) is 11.8 Å². The van der Waals surface area contributed by atoms with Gasteiger partial charge in [-0.1, -0.05) is 11.6 Å². The fourth-order valence-electron chi connectivity index (χ4n) is 3.11. The van der Waals surface area contributed by atoms with E-state index in [1.807, 2.05) is 6.92 Å². The maximum Gasteiger partial charge on any atom is 0.254 e. The summed E-state index contributed by atoms with van der Waals surface area (Å²) in [5.74, 6) is -0.593. The van der Waals surface area contributed by atoms with E-state index in [4.69, 9.17) is 16.3 Å². The lowest BCUT2D eigenvalue weighted by Gasteiger charge is -2.31. The average Bonchev–Trinajstić information content (AvgIpc) is 2.71. The summed E-state index contributed by atoms with van der Waals surface area (Å²) in [5.41, 5.74) is 0.970. The zero-order valence-corrected chi connectivity index (χ0v) is 16.2. The summed E-state index contributed by atoms with van der Waals surface area (Å²) in [5, 5.41) is 2.72. The minimum atomic E-state index is -0.532. The van der Waals surface area contributed by atoms with Crippen molar-refractivity contribution in [2.24, 2.45) is 5.92 Å². The fourth-order valence-corrected chi connectivity index (χ4v) is 3.30. The van der Waals surface area contributed by atoms with E-state index in [1.54, 1.807) is 23.2 Å². The lowest BCUT2D eigenvalue weighted by molar-refractivity contribution is -0.121. The second-order valence-corrected chi connectivity index (χ2v) is 6.91. The molecule has 148 valence electrons. The van der Waals surface area contributed by atoms with Gasteiger partial charge in [0.1, 0.15) is 5.82 Å². The summed E-state index contributed by atoms with van der Waals surface area (Å²) >= 11 is 5.74. The van der Waals surface area contributed by atoms with Gasteiger partial charge < -0.3 is 15.0 Å². The Kier molecular flexibility index (Phi) is 6.46. The standard InChI is InChI=1S/C20H21ClFN3O3/c1-2-28-18-11-14(5-8-23-18)20(27)25-9-6-13(7-10-25)19(26)24-15-3-4-17(22)16(21)12-15/h3-5,8,11-13H,2,6-7,9-10H2,1H3,(H,24,26). The van der Waals surface area contributed by atoms with Crippen molar-refractivity contribution < 1.29 is 18.7 Å². The molecule has 1 fully saturated rings. The van der Waals surface area contributed by atoms with E-state index in [9.17, 15) is 14.0 Å². The molecular weight excluding hydrogens is 385 g/mol. The Balaban J connectivity index is 1.56. The zero-order valence-electron chi connectivity index (χ0n) is 15.5. The largest absolute Gasteiger partial charge is 0.478 e. The predicted octanol–water partition coefficient (Wildman–Crippen LogP) is 3.76. The molecule has 0 atom stereocenters. The number of nitrogens with zero attached hydrogens (tertiary/aromatic N) is 2. The summed E-state index contributed by atoms with van der Waals surface area (Å²) < 4.78 is 18.6. The number of anilines is 1. The number of aromatic nitrogens is 1. The molecule has 1 N–H and O–H groups in total. The SMILES string of the molecule is CCOc1cc(C(=O)N2CCC(C(=O)Nc3ccc(F)c(Cl)c3)CC2)ccn1. The Morgan fingerprint density at radius 1 is 1.29 bits per heavy atom. The second kappa shape index (κ2) is 9.01. The summed E-state index contributed by atoms with van der Waals surface area (Å²) in [4.78, 5) is 30.9. The number of halogens is 2. The summed E-state index contributed by atoms with van der Waals surface area (Å²) in [7, 11) is 0. The number of ether oxygens (including phenoxy) is 1. The van der Waals surface area contributed by atoms with Gasteiger partial charge in [-0.2, -0.15) is 0 Å². The fraction of sp³-hybridized carbons (Fsp3) is 0.350. The second-order valence-electron chi connectivity index (χ2n) is 6.50. The minimum absolute atomic E-state index is 0.0398. The highest BCUT2D eigenvalue weighted by molar-refractivity contribution is 6.31. The third-order valence-electron chi connectivity index (χ3n) is 4.61. The molecule has 6 nitrogen and oxygen atoms in total. The third kappa shape index (κ3) is 4.78. The molecule has 3 rings (SSSR count). The molecular formula is C20H21ClFN3O3. The number of hydrogen-bond donors (Lipinski definition) is 1. The topological polar surface area (TPSA) is 71.5 Å². The number of amides is 2. The summed E-state index contributed by atoms with van der Waals surface area (Å²) in [6.45, 7) is 3.29. The van der Waals surface area contributed by atoms with Gasteiger partial charge in [0.15, 0.2) is 0 Å². The van der Waals surface area contributed by atoms with E-state index in [0.29, 0.717) is 49.7 Å². The van der Waals surface area contributed by atoms with Crippen molar-refractivity contribution >= 4 is 29.1 Å². The molecule has 1 aliphatic heterocycles. The monoisotopic (exact) mass is 405 g/mol. The van der Waals surface area contributed by atoms with Crippen LogP contribution in [0.5, 0.6) is 5.88 Å². The van der Waals surface area contributed by atoms with Crippen LogP contribution in [-0.2, 0) is 4.79 Å². The van der Waals surface area contributed by atoms with Crippen LogP contribution < -0.4 is 10.1 Å². The van der Waals surface area contributed by atoms with Crippen LogP contribution in [0, 0.1) is 11.7 Å². The molecule has 28 heavy (non-hydrogen) atoms. The van der Waals surface area contributed by atoms with E-state index >= 15 is 0 Å². The number of piperidine rings is 1. The van der Waals surface area contributed by atoms with Gasteiger partial charge in [-0.05, 0) is 44.0 Å². The number of benzene rings is 1. The quantitative estimate of drug-likeness (QED) is 0.822. The zero-order chi connectivity index (χ0) is 20.1. The van der Waals surface area contributed by atoms with Crippen molar-refractivity contribution in [2.75, 3.05) is 25.0 Å². The van der Waals surface area contributed by atoms with E-state index in [-0.39, 0.29) is 22.8 Å². The molecule has 1 saturated heterocycles. The van der Waals surface area contributed by atoms with Crippen molar-refractivity contribution in [3.8, 4) is 5.88 Å². The Labute approximate surface area is 167 Å². The van der Waals surface area contributed by atoms with E-state index < -0.39 is 5.82 Å². The van der Waals surface area contributed by atoms with Gasteiger partial charge in [-0.15, -0.1) is 0 Å². The molecule has 0 saturated carbocycles. The highest BCUT2D eigenvalue weighted by Gasteiger charge is 2.28. The highest BCUT2D eigenvalue weighted by Crippen LogP contribution is 2.24. The molecule has 0 bridgehead atoms. The van der Waals surface area contributed by atoms with Crippen LogP contribution in [0.4, 0.5) is 10.1 Å². The number of carbonyl (C=O) groups is 2. The smallest absolute Gasteiger partial charge is 0.254 e. The number of carbonyl (C=O) groups excluding carboxylic acids is 2. The van der Waals surface area contributed by atoms with Crippen LogP contribution in [0.2, 0.25) is 5.02 Å².